The second-order valence-corrected chi connectivity index (χ2v) is 4.86. The van der Waals surface area contributed by atoms with Crippen molar-refractivity contribution in [1.29, 1.82) is 0 Å². The van der Waals surface area contributed by atoms with Crippen molar-refractivity contribution in [2.45, 2.75) is 32.6 Å². The molecule has 0 radical (unpaired) electrons. The Labute approximate surface area is 101 Å². The average Bonchev–Trinajstić information content (AvgIpc) is 3.01. The Hall–Kier alpha value is -1.51. The number of carboxylic acid groups (broad SMARTS) is 1. The number of aryl methyl sites for hydroxylation is 2. The van der Waals surface area contributed by atoms with Gasteiger partial charge >= 0.3 is 5.97 Å². The van der Waals surface area contributed by atoms with Crippen LogP contribution >= 0.6 is 0 Å². The fourth-order valence-corrected chi connectivity index (χ4v) is 2.52. The van der Waals surface area contributed by atoms with E-state index in [-0.39, 0.29) is 5.92 Å². The van der Waals surface area contributed by atoms with Gasteiger partial charge in [-0.3, -0.25) is 4.79 Å². The van der Waals surface area contributed by atoms with Gasteiger partial charge in [-0.1, -0.05) is 17.7 Å². The normalized spacial score (nSPS) is 16.6. The molecule has 1 atom stereocenters. The predicted molar refractivity (Wildman–Crippen MR) is 65.6 cm³/mol. The van der Waals surface area contributed by atoms with Crippen LogP contribution in [0.5, 0.6) is 5.75 Å². The largest absolute Gasteiger partial charge is 0.496 e. The molecule has 3 nitrogen and oxygen atoms in total. The van der Waals surface area contributed by atoms with Crippen LogP contribution in [0.2, 0.25) is 0 Å². The van der Waals surface area contributed by atoms with Gasteiger partial charge in [0.05, 0.1) is 13.0 Å². The fourth-order valence-electron chi connectivity index (χ4n) is 2.52. The molecule has 3 heteroatoms. The molecule has 92 valence electrons. The van der Waals surface area contributed by atoms with E-state index < -0.39 is 11.9 Å². The first-order chi connectivity index (χ1) is 8.04. The van der Waals surface area contributed by atoms with Crippen molar-refractivity contribution in [3.05, 3.63) is 28.8 Å². The first-order valence-electron chi connectivity index (χ1n) is 5.92. The van der Waals surface area contributed by atoms with Crippen LogP contribution in [-0.4, -0.2) is 18.2 Å². The number of ether oxygens (including phenoxy) is 1. The van der Waals surface area contributed by atoms with Gasteiger partial charge in [0.25, 0.3) is 0 Å². The molecule has 0 aliphatic heterocycles. The molecule has 0 saturated heterocycles. The molecule has 1 fully saturated rings. The molecular formula is C14H18O3. The zero-order valence-electron chi connectivity index (χ0n) is 10.5. The lowest BCUT2D eigenvalue weighted by molar-refractivity contribution is -0.139. The summed E-state index contributed by atoms with van der Waals surface area (Å²) in [5.41, 5.74) is 2.93. The van der Waals surface area contributed by atoms with Crippen LogP contribution in [0.25, 0.3) is 0 Å². The Kier molecular flexibility index (Phi) is 3.09. The Morgan fingerprint density at radius 1 is 1.41 bits per heavy atom. The Bertz CT molecular complexity index is 447. The number of rotatable bonds is 4. The van der Waals surface area contributed by atoms with Crippen LogP contribution in [0.4, 0.5) is 0 Å². The van der Waals surface area contributed by atoms with Crippen molar-refractivity contribution in [3.63, 3.8) is 0 Å². The van der Waals surface area contributed by atoms with E-state index in [4.69, 9.17) is 4.74 Å². The third-order valence-corrected chi connectivity index (χ3v) is 3.35. The molecule has 2 rings (SSSR count). The van der Waals surface area contributed by atoms with Gasteiger partial charge in [0, 0.05) is 5.56 Å². The highest BCUT2D eigenvalue weighted by atomic mass is 16.5. The van der Waals surface area contributed by atoms with Crippen LogP contribution in [-0.2, 0) is 4.79 Å². The molecule has 1 aliphatic rings. The van der Waals surface area contributed by atoms with E-state index in [1.807, 2.05) is 26.0 Å². The van der Waals surface area contributed by atoms with E-state index in [1.54, 1.807) is 7.11 Å². The van der Waals surface area contributed by atoms with E-state index in [0.29, 0.717) is 0 Å². The third kappa shape index (κ3) is 2.28. The molecule has 1 saturated carbocycles. The van der Waals surface area contributed by atoms with Crippen LogP contribution in [0.3, 0.4) is 0 Å². The highest BCUT2D eigenvalue weighted by Gasteiger charge is 2.39. The predicted octanol–water partition coefficient (Wildman–Crippen LogP) is 2.89. The summed E-state index contributed by atoms with van der Waals surface area (Å²) >= 11 is 0. The summed E-state index contributed by atoms with van der Waals surface area (Å²) in [6.07, 6.45) is 2.01. The van der Waals surface area contributed by atoms with Crippen molar-refractivity contribution in [2.75, 3.05) is 7.11 Å². The minimum atomic E-state index is -0.740. The second kappa shape index (κ2) is 4.40. The summed E-state index contributed by atoms with van der Waals surface area (Å²) in [7, 11) is 1.60. The van der Waals surface area contributed by atoms with Gasteiger partial charge in [-0.2, -0.15) is 0 Å². The van der Waals surface area contributed by atoms with Crippen molar-refractivity contribution < 1.29 is 14.6 Å². The maximum Gasteiger partial charge on any atom is 0.311 e. The molecule has 0 amide bonds. The first-order valence-corrected chi connectivity index (χ1v) is 5.92. The van der Waals surface area contributed by atoms with Crippen LogP contribution < -0.4 is 4.74 Å². The molecule has 17 heavy (non-hydrogen) atoms. The van der Waals surface area contributed by atoms with E-state index in [9.17, 15) is 9.90 Å². The Balaban J connectivity index is 2.51. The molecular weight excluding hydrogens is 216 g/mol. The number of benzene rings is 1. The Morgan fingerprint density at radius 3 is 2.53 bits per heavy atom. The lowest BCUT2D eigenvalue weighted by atomic mass is 9.90. The van der Waals surface area contributed by atoms with E-state index in [2.05, 4.69) is 0 Å². The summed E-state index contributed by atoms with van der Waals surface area (Å²) < 4.78 is 5.38. The molecule has 1 aromatic rings. The van der Waals surface area contributed by atoms with Crippen LogP contribution in [0.15, 0.2) is 12.1 Å². The van der Waals surface area contributed by atoms with E-state index in [1.165, 1.54) is 0 Å². The number of aliphatic carboxylic acids is 1. The summed E-state index contributed by atoms with van der Waals surface area (Å²) in [6, 6.07) is 3.97. The minimum absolute atomic E-state index is 0.280. The molecule has 1 aromatic carbocycles. The van der Waals surface area contributed by atoms with Crippen molar-refractivity contribution in [2.24, 2.45) is 5.92 Å². The fraction of sp³-hybridized carbons (Fsp3) is 0.500. The van der Waals surface area contributed by atoms with Crippen LogP contribution in [0, 0.1) is 19.8 Å². The van der Waals surface area contributed by atoms with E-state index in [0.717, 1.165) is 35.3 Å². The van der Waals surface area contributed by atoms with Gasteiger partial charge in [-0.25, -0.2) is 0 Å². The summed E-state index contributed by atoms with van der Waals surface area (Å²) in [4.78, 5) is 11.4. The van der Waals surface area contributed by atoms with Gasteiger partial charge in [0.2, 0.25) is 0 Å². The molecule has 0 heterocycles. The lowest BCUT2D eigenvalue weighted by Gasteiger charge is -2.18. The number of methoxy groups -OCH3 is 1. The van der Waals surface area contributed by atoms with Crippen molar-refractivity contribution in [1.82, 2.24) is 0 Å². The standard InChI is InChI=1S/C14H18O3/c1-8-6-9(2)13(17-3)11(7-8)12(14(15)16)10-4-5-10/h6-7,10,12H,4-5H2,1-3H3,(H,15,16). The highest BCUT2D eigenvalue weighted by Crippen LogP contribution is 2.46. The van der Waals surface area contributed by atoms with Gasteiger partial charge in [-0.15, -0.1) is 0 Å². The summed E-state index contributed by atoms with van der Waals surface area (Å²) in [5.74, 6) is -0.142. The maximum atomic E-state index is 11.4. The topological polar surface area (TPSA) is 46.5 Å². The van der Waals surface area contributed by atoms with E-state index >= 15 is 0 Å². The molecule has 1 unspecified atom stereocenters. The summed E-state index contributed by atoms with van der Waals surface area (Å²) in [6.45, 7) is 3.95. The number of carboxylic acids is 1. The number of hydrogen-bond acceptors (Lipinski definition) is 2. The van der Waals surface area contributed by atoms with Gasteiger partial charge in [0.15, 0.2) is 0 Å². The monoisotopic (exact) mass is 234 g/mol. The molecule has 0 spiro atoms. The summed E-state index contributed by atoms with van der Waals surface area (Å²) in [5, 5.41) is 9.38. The van der Waals surface area contributed by atoms with Crippen molar-refractivity contribution >= 4 is 5.97 Å². The maximum absolute atomic E-state index is 11.4. The van der Waals surface area contributed by atoms with Crippen molar-refractivity contribution in [3.8, 4) is 5.75 Å². The third-order valence-electron chi connectivity index (χ3n) is 3.35. The average molecular weight is 234 g/mol. The second-order valence-electron chi connectivity index (χ2n) is 4.86. The van der Waals surface area contributed by atoms with Gasteiger partial charge in [-0.05, 0) is 38.2 Å². The highest BCUT2D eigenvalue weighted by molar-refractivity contribution is 5.78. The Morgan fingerprint density at radius 2 is 2.06 bits per heavy atom. The van der Waals surface area contributed by atoms with Gasteiger partial charge in [0.1, 0.15) is 5.75 Å². The zero-order valence-corrected chi connectivity index (χ0v) is 10.5. The SMILES string of the molecule is COc1c(C)cc(C)cc1C(C(=O)O)C1CC1. The first kappa shape index (κ1) is 12.0. The van der Waals surface area contributed by atoms with Crippen LogP contribution in [0.1, 0.15) is 35.4 Å². The molecule has 1 aliphatic carbocycles. The minimum Gasteiger partial charge on any atom is -0.496 e. The van der Waals surface area contributed by atoms with Gasteiger partial charge < -0.3 is 9.84 Å². The smallest absolute Gasteiger partial charge is 0.311 e. The quantitative estimate of drug-likeness (QED) is 0.871. The lowest BCUT2D eigenvalue weighted by Crippen LogP contribution is -2.15. The number of hydrogen-bond donors (Lipinski definition) is 1. The zero-order chi connectivity index (χ0) is 12.6. The molecule has 1 N–H and O–H groups in total. The molecule has 0 bridgehead atoms. The number of carbonyl (C=O) groups is 1. The molecule has 0 aromatic heterocycles.